The van der Waals surface area contributed by atoms with Crippen LogP contribution in [0.1, 0.15) is 40.7 Å². The zero-order valence-corrected chi connectivity index (χ0v) is 9.62. The largest absolute Gasteiger partial charge is 0.478 e. The second kappa shape index (κ2) is 3.91. The third-order valence-electron chi connectivity index (χ3n) is 3.62. The maximum Gasteiger partial charge on any atom is 0.337 e. The number of hydrogen-bond acceptors (Lipinski definition) is 1. The van der Waals surface area contributed by atoms with Gasteiger partial charge in [0, 0.05) is 17.1 Å². The van der Waals surface area contributed by atoms with E-state index in [1.165, 1.54) is 30.4 Å². The molecular weight excluding hydrogens is 214 g/mol. The van der Waals surface area contributed by atoms with Crippen molar-refractivity contribution < 1.29 is 9.90 Å². The fourth-order valence-electron chi connectivity index (χ4n) is 2.71. The molecular formula is C14H15NO2. The summed E-state index contributed by atoms with van der Waals surface area (Å²) < 4.78 is 0. The van der Waals surface area contributed by atoms with E-state index in [4.69, 9.17) is 5.11 Å². The SMILES string of the molecule is O=C(O)c1c[nH]c2cc3c(cc12)CCCCC3. The smallest absolute Gasteiger partial charge is 0.337 e. The highest BCUT2D eigenvalue weighted by Gasteiger charge is 2.14. The molecule has 17 heavy (non-hydrogen) atoms. The van der Waals surface area contributed by atoms with Crippen LogP contribution in [0.3, 0.4) is 0 Å². The summed E-state index contributed by atoms with van der Waals surface area (Å²) in [5.74, 6) is -0.857. The van der Waals surface area contributed by atoms with Crippen LogP contribution < -0.4 is 0 Å². The Bertz CT molecular complexity index is 583. The molecule has 3 rings (SSSR count). The van der Waals surface area contributed by atoms with E-state index in [0.717, 1.165) is 23.7 Å². The van der Waals surface area contributed by atoms with Gasteiger partial charge in [0.05, 0.1) is 5.56 Å². The van der Waals surface area contributed by atoms with E-state index in [-0.39, 0.29) is 0 Å². The molecule has 1 heterocycles. The number of fused-ring (bicyclic) bond motifs is 2. The Morgan fingerprint density at radius 2 is 1.82 bits per heavy atom. The first kappa shape index (κ1) is 10.4. The van der Waals surface area contributed by atoms with Crippen LogP contribution in [0.5, 0.6) is 0 Å². The van der Waals surface area contributed by atoms with Gasteiger partial charge in [-0.15, -0.1) is 0 Å². The van der Waals surface area contributed by atoms with Crippen LogP contribution in [-0.4, -0.2) is 16.1 Å². The zero-order valence-electron chi connectivity index (χ0n) is 9.62. The van der Waals surface area contributed by atoms with E-state index >= 15 is 0 Å². The third-order valence-corrected chi connectivity index (χ3v) is 3.62. The van der Waals surface area contributed by atoms with Crippen molar-refractivity contribution in [3.63, 3.8) is 0 Å². The van der Waals surface area contributed by atoms with Crippen molar-refractivity contribution in [1.82, 2.24) is 4.98 Å². The normalized spacial score (nSPS) is 15.5. The first-order chi connectivity index (χ1) is 8.25. The number of hydrogen-bond donors (Lipinski definition) is 2. The summed E-state index contributed by atoms with van der Waals surface area (Å²) in [5.41, 5.74) is 4.04. The molecule has 2 aromatic rings. The summed E-state index contributed by atoms with van der Waals surface area (Å²) in [6.07, 6.45) is 7.51. The van der Waals surface area contributed by atoms with Gasteiger partial charge in [0.25, 0.3) is 0 Å². The van der Waals surface area contributed by atoms with Gasteiger partial charge in [-0.3, -0.25) is 0 Å². The van der Waals surface area contributed by atoms with Crippen molar-refractivity contribution >= 4 is 16.9 Å². The molecule has 0 saturated heterocycles. The van der Waals surface area contributed by atoms with Crippen molar-refractivity contribution in [2.75, 3.05) is 0 Å². The average molecular weight is 229 g/mol. The minimum Gasteiger partial charge on any atom is -0.478 e. The Hall–Kier alpha value is -1.77. The summed E-state index contributed by atoms with van der Waals surface area (Å²) in [4.78, 5) is 14.2. The molecule has 0 unspecified atom stereocenters. The number of benzene rings is 1. The quantitative estimate of drug-likeness (QED) is 0.738. The number of aromatic carboxylic acids is 1. The number of aryl methyl sites for hydroxylation is 2. The van der Waals surface area contributed by atoms with Crippen molar-refractivity contribution in [2.24, 2.45) is 0 Å². The monoisotopic (exact) mass is 229 g/mol. The molecule has 3 heteroatoms. The molecule has 0 fully saturated rings. The molecule has 1 aromatic heterocycles. The molecule has 1 aromatic carbocycles. The van der Waals surface area contributed by atoms with Gasteiger partial charge in [-0.1, -0.05) is 6.42 Å². The molecule has 3 nitrogen and oxygen atoms in total. The van der Waals surface area contributed by atoms with Crippen LogP contribution in [0, 0.1) is 0 Å². The molecule has 0 atom stereocenters. The molecule has 0 radical (unpaired) electrons. The summed E-state index contributed by atoms with van der Waals surface area (Å²) >= 11 is 0. The van der Waals surface area contributed by atoms with Gasteiger partial charge in [0.15, 0.2) is 0 Å². The summed E-state index contributed by atoms with van der Waals surface area (Å²) in [6, 6.07) is 4.19. The highest BCUT2D eigenvalue weighted by molar-refractivity contribution is 6.03. The number of carboxylic acids is 1. The van der Waals surface area contributed by atoms with Crippen LogP contribution in [0.15, 0.2) is 18.3 Å². The summed E-state index contributed by atoms with van der Waals surface area (Å²) in [5, 5.41) is 9.96. The van der Waals surface area contributed by atoms with Crippen LogP contribution in [0.4, 0.5) is 0 Å². The van der Waals surface area contributed by atoms with Crippen molar-refractivity contribution in [3.05, 3.63) is 35.0 Å². The van der Waals surface area contributed by atoms with E-state index in [1.54, 1.807) is 6.20 Å². The maximum atomic E-state index is 11.1. The second-order valence-electron chi connectivity index (χ2n) is 4.73. The zero-order chi connectivity index (χ0) is 11.8. The maximum absolute atomic E-state index is 11.1. The Labute approximate surface area is 99.5 Å². The predicted molar refractivity (Wildman–Crippen MR) is 66.5 cm³/mol. The van der Waals surface area contributed by atoms with E-state index in [9.17, 15) is 4.79 Å². The summed E-state index contributed by atoms with van der Waals surface area (Å²) in [7, 11) is 0. The van der Waals surface area contributed by atoms with Crippen molar-refractivity contribution in [3.8, 4) is 0 Å². The van der Waals surface area contributed by atoms with Gasteiger partial charge in [-0.25, -0.2) is 4.79 Å². The Morgan fingerprint density at radius 1 is 1.12 bits per heavy atom. The minimum atomic E-state index is -0.857. The lowest BCUT2D eigenvalue weighted by atomic mass is 9.99. The highest BCUT2D eigenvalue weighted by atomic mass is 16.4. The number of rotatable bonds is 1. The molecule has 2 N–H and O–H groups in total. The molecule has 1 aliphatic rings. The van der Waals surface area contributed by atoms with Gasteiger partial charge in [0.2, 0.25) is 0 Å². The molecule has 0 aliphatic heterocycles. The summed E-state index contributed by atoms with van der Waals surface area (Å²) in [6.45, 7) is 0. The van der Waals surface area contributed by atoms with Crippen LogP contribution in [-0.2, 0) is 12.8 Å². The Morgan fingerprint density at radius 3 is 2.53 bits per heavy atom. The van der Waals surface area contributed by atoms with Gasteiger partial charge in [0.1, 0.15) is 0 Å². The van der Waals surface area contributed by atoms with E-state index in [2.05, 4.69) is 17.1 Å². The average Bonchev–Trinajstić information content (AvgIpc) is 2.57. The lowest BCUT2D eigenvalue weighted by Gasteiger charge is -2.06. The molecule has 0 spiro atoms. The van der Waals surface area contributed by atoms with Gasteiger partial charge < -0.3 is 10.1 Å². The molecule has 0 bridgehead atoms. The number of aromatic nitrogens is 1. The number of carbonyl (C=O) groups is 1. The first-order valence-electron chi connectivity index (χ1n) is 6.12. The molecule has 0 amide bonds. The lowest BCUT2D eigenvalue weighted by Crippen LogP contribution is -1.95. The molecule has 1 aliphatic carbocycles. The number of aromatic amines is 1. The topological polar surface area (TPSA) is 53.1 Å². The van der Waals surface area contributed by atoms with Crippen molar-refractivity contribution in [2.45, 2.75) is 32.1 Å². The Balaban J connectivity index is 2.20. The molecule has 88 valence electrons. The Kier molecular flexibility index (Phi) is 2.39. The van der Waals surface area contributed by atoms with E-state index in [0.29, 0.717) is 5.56 Å². The first-order valence-corrected chi connectivity index (χ1v) is 6.12. The third kappa shape index (κ3) is 1.71. The number of H-pyrrole nitrogens is 1. The van der Waals surface area contributed by atoms with Gasteiger partial charge in [-0.05, 0) is 48.9 Å². The minimum absolute atomic E-state index is 0.382. The van der Waals surface area contributed by atoms with E-state index < -0.39 is 5.97 Å². The molecule has 0 saturated carbocycles. The van der Waals surface area contributed by atoms with Crippen LogP contribution in [0.25, 0.3) is 10.9 Å². The standard InChI is InChI=1S/C14H15NO2/c16-14(17)12-8-15-13-7-10-5-3-1-2-4-9(10)6-11(12)13/h6-8,15H,1-5H2,(H,16,17). The van der Waals surface area contributed by atoms with Gasteiger partial charge in [-0.2, -0.15) is 0 Å². The van der Waals surface area contributed by atoms with E-state index in [1.807, 2.05) is 0 Å². The van der Waals surface area contributed by atoms with Crippen LogP contribution in [0.2, 0.25) is 0 Å². The fourth-order valence-corrected chi connectivity index (χ4v) is 2.71. The predicted octanol–water partition coefficient (Wildman–Crippen LogP) is 3.14. The lowest BCUT2D eigenvalue weighted by molar-refractivity contribution is 0.0699. The second-order valence-corrected chi connectivity index (χ2v) is 4.73. The van der Waals surface area contributed by atoms with Crippen LogP contribution >= 0.6 is 0 Å². The van der Waals surface area contributed by atoms with Gasteiger partial charge >= 0.3 is 5.97 Å². The fraction of sp³-hybridized carbons (Fsp3) is 0.357. The number of carboxylic acid groups (broad SMARTS) is 1. The highest BCUT2D eigenvalue weighted by Crippen LogP contribution is 2.27. The number of nitrogens with one attached hydrogen (secondary N) is 1. The van der Waals surface area contributed by atoms with Crippen molar-refractivity contribution in [1.29, 1.82) is 0 Å².